The summed E-state index contributed by atoms with van der Waals surface area (Å²) in [4.78, 5) is 21.9. The van der Waals surface area contributed by atoms with E-state index in [2.05, 4.69) is 17.6 Å². The third-order valence-corrected chi connectivity index (χ3v) is 3.78. The van der Waals surface area contributed by atoms with Crippen molar-refractivity contribution >= 4 is 12.0 Å². The zero-order valence-corrected chi connectivity index (χ0v) is 11.8. The van der Waals surface area contributed by atoms with E-state index >= 15 is 0 Å². The van der Waals surface area contributed by atoms with Gasteiger partial charge in [0, 0.05) is 19.0 Å². The number of unbranched alkanes of at least 4 members (excludes halogenated alkanes) is 3. The predicted molar refractivity (Wildman–Crippen MR) is 74.1 cm³/mol. The summed E-state index contributed by atoms with van der Waals surface area (Å²) in [7, 11) is 0. The van der Waals surface area contributed by atoms with Crippen LogP contribution in [0.5, 0.6) is 0 Å². The fourth-order valence-corrected chi connectivity index (χ4v) is 2.54. The molecule has 1 saturated carbocycles. The smallest absolute Gasteiger partial charge is 0.315 e. The molecule has 5 nitrogen and oxygen atoms in total. The van der Waals surface area contributed by atoms with Crippen molar-refractivity contribution in [3.05, 3.63) is 0 Å². The minimum Gasteiger partial charge on any atom is -0.481 e. The van der Waals surface area contributed by atoms with Gasteiger partial charge >= 0.3 is 12.0 Å². The number of nitrogens with one attached hydrogen (secondary N) is 2. The highest BCUT2D eigenvalue weighted by Gasteiger charge is 2.24. The van der Waals surface area contributed by atoms with Crippen LogP contribution < -0.4 is 10.6 Å². The Morgan fingerprint density at radius 1 is 1.16 bits per heavy atom. The van der Waals surface area contributed by atoms with Gasteiger partial charge in [0.2, 0.25) is 0 Å². The Bertz CT molecular complexity index is 294. The van der Waals surface area contributed by atoms with Crippen LogP contribution in [-0.4, -0.2) is 29.7 Å². The summed E-state index contributed by atoms with van der Waals surface area (Å²) >= 11 is 0. The molecule has 0 aliphatic heterocycles. The van der Waals surface area contributed by atoms with Gasteiger partial charge in [-0.2, -0.15) is 0 Å². The van der Waals surface area contributed by atoms with Crippen LogP contribution >= 0.6 is 0 Å². The van der Waals surface area contributed by atoms with E-state index in [1.54, 1.807) is 0 Å². The van der Waals surface area contributed by atoms with Gasteiger partial charge in [-0.3, -0.25) is 4.79 Å². The summed E-state index contributed by atoms with van der Waals surface area (Å²) < 4.78 is 0. The maximum atomic E-state index is 11.6. The zero-order chi connectivity index (χ0) is 14.1. The molecule has 0 aromatic rings. The molecule has 1 aliphatic carbocycles. The first-order valence-corrected chi connectivity index (χ1v) is 7.35. The number of carboxylic acid groups (broad SMARTS) is 1. The number of aliphatic carboxylic acids is 1. The number of carbonyl (C=O) groups is 2. The lowest BCUT2D eigenvalue weighted by atomic mass is 10.1. The zero-order valence-electron chi connectivity index (χ0n) is 11.8. The van der Waals surface area contributed by atoms with E-state index in [0.717, 1.165) is 32.1 Å². The highest BCUT2D eigenvalue weighted by atomic mass is 16.4. The van der Waals surface area contributed by atoms with E-state index in [9.17, 15) is 9.59 Å². The normalized spacial score (nSPS) is 22.2. The molecular formula is C14H26N2O3. The van der Waals surface area contributed by atoms with Crippen molar-refractivity contribution in [2.45, 2.75) is 64.3 Å². The van der Waals surface area contributed by atoms with E-state index in [1.807, 2.05) is 0 Å². The standard InChI is InChI=1S/C14H26N2O3/c1-11-7-6-8-12(11)16-14(19)15-10-5-3-2-4-9-13(17)18/h11-12H,2-10H2,1H3,(H,17,18)(H2,15,16,19). The predicted octanol–water partition coefficient (Wildman–Crippen LogP) is 2.51. The van der Waals surface area contributed by atoms with Crippen LogP contribution in [0.4, 0.5) is 4.79 Å². The van der Waals surface area contributed by atoms with Crippen molar-refractivity contribution < 1.29 is 14.7 Å². The maximum absolute atomic E-state index is 11.6. The number of carbonyl (C=O) groups excluding carboxylic acids is 1. The molecule has 0 spiro atoms. The molecule has 0 radical (unpaired) electrons. The number of hydrogen-bond donors (Lipinski definition) is 3. The van der Waals surface area contributed by atoms with Gasteiger partial charge in [0.05, 0.1) is 0 Å². The Morgan fingerprint density at radius 2 is 1.89 bits per heavy atom. The van der Waals surface area contributed by atoms with E-state index in [-0.39, 0.29) is 12.5 Å². The highest BCUT2D eigenvalue weighted by molar-refractivity contribution is 5.74. The van der Waals surface area contributed by atoms with Crippen LogP contribution in [0, 0.1) is 5.92 Å². The van der Waals surface area contributed by atoms with Crippen molar-refractivity contribution in [1.82, 2.24) is 10.6 Å². The first-order valence-electron chi connectivity index (χ1n) is 7.35. The molecular weight excluding hydrogens is 244 g/mol. The lowest BCUT2D eigenvalue weighted by Crippen LogP contribution is -2.43. The van der Waals surface area contributed by atoms with Crippen LogP contribution in [0.25, 0.3) is 0 Å². The van der Waals surface area contributed by atoms with Crippen LogP contribution in [0.2, 0.25) is 0 Å². The van der Waals surface area contributed by atoms with Crippen molar-refractivity contribution in [2.75, 3.05) is 6.54 Å². The van der Waals surface area contributed by atoms with Gasteiger partial charge < -0.3 is 15.7 Å². The number of urea groups is 1. The molecule has 3 N–H and O–H groups in total. The number of rotatable bonds is 8. The maximum Gasteiger partial charge on any atom is 0.315 e. The van der Waals surface area contributed by atoms with E-state index in [0.29, 0.717) is 18.5 Å². The van der Waals surface area contributed by atoms with Crippen LogP contribution in [0.3, 0.4) is 0 Å². The van der Waals surface area contributed by atoms with Gasteiger partial charge in [-0.1, -0.05) is 26.2 Å². The minimum absolute atomic E-state index is 0.0655. The molecule has 1 rings (SSSR count). The molecule has 2 amide bonds. The first-order chi connectivity index (χ1) is 9.09. The largest absolute Gasteiger partial charge is 0.481 e. The average molecular weight is 270 g/mol. The molecule has 0 saturated heterocycles. The Morgan fingerprint density at radius 3 is 2.53 bits per heavy atom. The molecule has 0 bridgehead atoms. The molecule has 0 aromatic carbocycles. The molecule has 2 atom stereocenters. The Labute approximate surface area is 115 Å². The monoisotopic (exact) mass is 270 g/mol. The van der Waals surface area contributed by atoms with Gasteiger partial charge in [-0.25, -0.2) is 4.79 Å². The molecule has 5 heteroatoms. The highest BCUT2D eigenvalue weighted by Crippen LogP contribution is 2.24. The van der Waals surface area contributed by atoms with Gasteiger partial charge in [0.15, 0.2) is 0 Å². The molecule has 0 heterocycles. The van der Waals surface area contributed by atoms with Gasteiger partial charge in [-0.15, -0.1) is 0 Å². The average Bonchev–Trinajstić information content (AvgIpc) is 2.73. The van der Waals surface area contributed by atoms with Gasteiger partial charge in [-0.05, 0) is 31.6 Å². The summed E-state index contributed by atoms with van der Waals surface area (Å²) in [5.41, 5.74) is 0. The number of carboxylic acids is 1. The first kappa shape index (κ1) is 15.8. The Balaban J connectivity index is 1.94. The quantitative estimate of drug-likeness (QED) is 0.593. The summed E-state index contributed by atoms with van der Waals surface area (Å²) in [5, 5.41) is 14.4. The van der Waals surface area contributed by atoms with Gasteiger partial charge in [0.25, 0.3) is 0 Å². The third kappa shape index (κ3) is 7.03. The number of amides is 2. The summed E-state index contributed by atoms with van der Waals surface area (Å²) in [6.45, 7) is 2.85. The topological polar surface area (TPSA) is 78.4 Å². The second-order valence-electron chi connectivity index (χ2n) is 5.47. The minimum atomic E-state index is -0.733. The Hall–Kier alpha value is -1.26. The van der Waals surface area contributed by atoms with Crippen molar-refractivity contribution in [3.8, 4) is 0 Å². The van der Waals surface area contributed by atoms with Crippen LogP contribution in [0.1, 0.15) is 58.3 Å². The summed E-state index contributed by atoms with van der Waals surface area (Å²) in [6, 6.07) is 0.264. The van der Waals surface area contributed by atoms with Crippen molar-refractivity contribution in [2.24, 2.45) is 5.92 Å². The second-order valence-corrected chi connectivity index (χ2v) is 5.47. The molecule has 110 valence electrons. The van der Waals surface area contributed by atoms with E-state index < -0.39 is 5.97 Å². The van der Waals surface area contributed by atoms with Crippen LogP contribution in [0.15, 0.2) is 0 Å². The van der Waals surface area contributed by atoms with Crippen molar-refractivity contribution in [1.29, 1.82) is 0 Å². The third-order valence-electron chi connectivity index (χ3n) is 3.78. The Kier molecular flexibility index (Phi) is 7.30. The summed E-state index contributed by atoms with van der Waals surface area (Å²) in [5.74, 6) is -0.148. The SMILES string of the molecule is CC1CCCC1NC(=O)NCCCCCCC(=O)O. The summed E-state index contributed by atoms with van der Waals surface area (Å²) in [6.07, 6.45) is 7.25. The second kappa shape index (κ2) is 8.77. The van der Waals surface area contributed by atoms with E-state index in [1.165, 1.54) is 12.8 Å². The lowest BCUT2D eigenvalue weighted by Gasteiger charge is -2.17. The fourth-order valence-electron chi connectivity index (χ4n) is 2.54. The molecule has 19 heavy (non-hydrogen) atoms. The molecule has 1 aliphatic rings. The lowest BCUT2D eigenvalue weighted by molar-refractivity contribution is -0.137. The van der Waals surface area contributed by atoms with E-state index in [4.69, 9.17) is 5.11 Å². The fraction of sp³-hybridized carbons (Fsp3) is 0.857. The molecule has 0 aromatic heterocycles. The van der Waals surface area contributed by atoms with Crippen LogP contribution in [-0.2, 0) is 4.79 Å². The molecule has 2 unspecified atom stereocenters. The number of hydrogen-bond acceptors (Lipinski definition) is 2. The van der Waals surface area contributed by atoms with Gasteiger partial charge in [0.1, 0.15) is 0 Å². The molecule has 1 fully saturated rings. The van der Waals surface area contributed by atoms with Crippen molar-refractivity contribution in [3.63, 3.8) is 0 Å².